The van der Waals surface area contributed by atoms with E-state index in [1.54, 1.807) is 0 Å². The summed E-state index contributed by atoms with van der Waals surface area (Å²) >= 11 is 0. The summed E-state index contributed by atoms with van der Waals surface area (Å²) in [7, 11) is -4.66. The van der Waals surface area contributed by atoms with Crippen molar-refractivity contribution in [2.24, 2.45) is 0 Å². The zero-order chi connectivity index (χ0) is 12.9. The normalized spacial score (nSPS) is 10.2. The van der Waals surface area contributed by atoms with Crippen molar-refractivity contribution in [1.29, 1.82) is 0 Å². The number of benzene rings is 1. The molecule has 90 valence electrons. The number of nitrogens with one attached hydrogen (secondary N) is 1. The van der Waals surface area contributed by atoms with E-state index in [0.29, 0.717) is 5.56 Å². The van der Waals surface area contributed by atoms with Gasteiger partial charge in [0.25, 0.3) is 0 Å². The maximum Gasteiger partial charge on any atom is 0.332 e. The molecule has 0 unspecified atom stereocenters. The van der Waals surface area contributed by atoms with E-state index >= 15 is 0 Å². The number of carbonyl (C=O) groups excluding carboxylic acids is 1. The third-order valence-electron chi connectivity index (χ3n) is 1.79. The highest BCUT2D eigenvalue weighted by atomic mass is 32.3. The summed E-state index contributed by atoms with van der Waals surface area (Å²) < 4.78 is 33.6. The van der Waals surface area contributed by atoms with Gasteiger partial charge in [-0.2, -0.15) is 8.42 Å². The van der Waals surface area contributed by atoms with Crippen LogP contribution in [0.3, 0.4) is 0 Å². The largest absolute Gasteiger partial charge is 0.345 e. The lowest BCUT2D eigenvalue weighted by atomic mass is 10.2. The van der Waals surface area contributed by atoms with Crippen LogP contribution in [0.25, 0.3) is 0 Å². The molecule has 0 atom stereocenters. The Hall–Kier alpha value is -1.87. The smallest absolute Gasteiger partial charge is 0.332 e. The van der Waals surface area contributed by atoms with Gasteiger partial charge in [-0.3, -0.25) is 4.79 Å². The zero-order valence-corrected chi connectivity index (χ0v) is 9.84. The minimum atomic E-state index is -4.66. The molecule has 0 heterocycles. The van der Waals surface area contributed by atoms with Crippen LogP contribution < -0.4 is 5.32 Å². The molecule has 17 heavy (non-hydrogen) atoms. The minimum Gasteiger partial charge on any atom is -0.345 e. The minimum absolute atomic E-state index is 0.182. The molecule has 0 radical (unpaired) electrons. The fourth-order valence-electron chi connectivity index (χ4n) is 1.02. The molecule has 1 rings (SSSR count). The molecular formula is C11H10FNO3S. The Morgan fingerprint density at radius 3 is 2.41 bits per heavy atom. The van der Waals surface area contributed by atoms with Crippen LogP contribution in [0.15, 0.2) is 29.2 Å². The molecule has 0 saturated carbocycles. The Bertz CT molecular complexity index is 567. The van der Waals surface area contributed by atoms with Crippen molar-refractivity contribution in [2.75, 3.05) is 6.54 Å². The number of amides is 1. The van der Waals surface area contributed by atoms with E-state index in [-0.39, 0.29) is 12.5 Å². The van der Waals surface area contributed by atoms with Gasteiger partial charge in [-0.1, -0.05) is 11.8 Å². The fourth-order valence-corrected chi connectivity index (χ4v) is 1.48. The van der Waals surface area contributed by atoms with Gasteiger partial charge in [-0.25, -0.2) is 0 Å². The van der Waals surface area contributed by atoms with Gasteiger partial charge in [0.1, 0.15) is 0 Å². The molecule has 1 aromatic carbocycles. The second-order valence-corrected chi connectivity index (χ2v) is 4.52. The first kappa shape index (κ1) is 13.2. The Labute approximate surface area is 99.1 Å². The molecule has 1 aromatic rings. The van der Waals surface area contributed by atoms with Crippen molar-refractivity contribution in [3.05, 3.63) is 29.8 Å². The molecule has 0 fully saturated rings. The lowest BCUT2D eigenvalue weighted by Gasteiger charge is -1.95. The Balaban J connectivity index is 2.72. The highest BCUT2D eigenvalue weighted by Gasteiger charge is 2.10. The van der Waals surface area contributed by atoms with Gasteiger partial charge in [0.15, 0.2) is 0 Å². The molecule has 0 aliphatic heterocycles. The first-order valence-electron chi connectivity index (χ1n) is 4.67. The standard InChI is InChI=1S/C11H10FNO3S/c1-9(14)13-8-2-3-10-4-6-11(7-5-10)17(12,15)16/h4-7H,8H2,1H3,(H,13,14). The molecule has 0 aliphatic carbocycles. The van der Waals surface area contributed by atoms with Crippen molar-refractivity contribution in [3.8, 4) is 11.8 Å². The summed E-state index contributed by atoms with van der Waals surface area (Å²) in [6.07, 6.45) is 0. The second kappa shape index (κ2) is 5.46. The number of hydrogen-bond donors (Lipinski definition) is 1. The first-order chi connectivity index (χ1) is 7.89. The number of halogens is 1. The van der Waals surface area contributed by atoms with Crippen molar-refractivity contribution < 1.29 is 17.1 Å². The SMILES string of the molecule is CC(=O)NCC#Cc1ccc(S(=O)(=O)F)cc1. The van der Waals surface area contributed by atoms with Crippen LogP contribution in [0.1, 0.15) is 12.5 Å². The second-order valence-electron chi connectivity index (χ2n) is 3.17. The Kier molecular flexibility index (Phi) is 4.24. The Morgan fingerprint density at radius 2 is 1.94 bits per heavy atom. The molecular weight excluding hydrogens is 245 g/mol. The van der Waals surface area contributed by atoms with Crippen molar-refractivity contribution in [2.45, 2.75) is 11.8 Å². The molecule has 0 aromatic heterocycles. The molecule has 0 aliphatic rings. The van der Waals surface area contributed by atoms with Gasteiger partial charge in [0.05, 0.1) is 11.4 Å². The molecule has 0 saturated heterocycles. The van der Waals surface area contributed by atoms with Gasteiger partial charge in [0, 0.05) is 12.5 Å². The van der Waals surface area contributed by atoms with Crippen molar-refractivity contribution >= 4 is 16.1 Å². The van der Waals surface area contributed by atoms with E-state index in [0.717, 1.165) is 12.1 Å². The van der Waals surface area contributed by atoms with E-state index < -0.39 is 15.1 Å². The number of rotatable bonds is 2. The van der Waals surface area contributed by atoms with E-state index in [4.69, 9.17) is 0 Å². The molecule has 6 heteroatoms. The third kappa shape index (κ3) is 4.66. The summed E-state index contributed by atoms with van der Waals surface area (Å²) in [4.78, 5) is 10.1. The monoisotopic (exact) mass is 255 g/mol. The van der Waals surface area contributed by atoms with E-state index in [2.05, 4.69) is 17.2 Å². The van der Waals surface area contributed by atoms with E-state index in [1.165, 1.54) is 19.1 Å². The van der Waals surface area contributed by atoms with Gasteiger partial charge in [-0.15, -0.1) is 3.89 Å². The summed E-state index contributed by atoms with van der Waals surface area (Å²) in [6, 6.07) is 5.07. The highest BCUT2D eigenvalue weighted by molar-refractivity contribution is 7.86. The maximum atomic E-state index is 12.5. The van der Waals surface area contributed by atoms with E-state index in [1.807, 2.05) is 0 Å². The van der Waals surface area contributed by atoms with Gasteiger partial charge in [0.2, 0.25) is 5.91 Å². The lowest BCUT2D eigenvalue weighted by Crippen LogP contribution is -2.19. The lowest BCUT2D eigenvalue weighted by molar-refractivity contribution is -0.118. The summed E-state index contributed by atoms with van der Waals surface area (Å²) in [5.74, 6) is 5.18. The molecule has 0 bridgehead atoms. The van der Waals surface area contributed by atoms with Crippen LogP contribution in [-0.2, 0) is 15.0 Å². The highest BCUT2D eigenvalue weighted by Crippen LogP contribution is 2.12. The molecule has 1 N–H and O–H groups in total. The number of carbonyl (C=O) groups is 1. The summed E-state index contributed by atoms with van der Waals surface area (Å²) in [6.45, 7) is 1.58. The van der Waals surface area contributed by atoms with Gasteiger partial charge >= 0.3 is 10.2 Å². The maximum absolute atomic E-state index is 12.5. The van der Waals surface area contributed by atoms with Crippen molar-refractivity contribution in [1.82, 2.24) is 5.32 Å². The summed E-state index contributed by atoms with van der Waals surface area (Å²) in [5.41, 5.74) is 0.544. The zero-order valence-electron chi connectivity index (χ0n) is 9.03. The quantitative estimate of drug-likeness (QED) is 0.629. The van der Waals surface area contributed by atoms with Crippen LogP contribution in [0, 0.1) is 11.8 Å². The van der Waals surface area contributed by atoms with Crippen LogP contribution in [0.4, 0.5) is 3.89 Å². The predicted molar refractivity (Wildman–Crippen MR) is 60.3 cm³/mol. The van der Waals surface area contributed by atoms with Crippen LogP contribution in [0.2, 0.25) is 0 Å². The average molecular weight is 255 g/mol. The van der Waals surface area contributed by atoms with Gasteiger partial charge < -0.3 is 5.32 Å². The van der Waals surface area contributed by atoms with Crippen molar-refractivity contribution in [3.63, 3.8) is 0 Å². The fraction of sp³-hybridized carbons (Fsp3) is 0.182. The first-order valence-corrected chi connectivity index (χ1v) is 6.06. The number of hydrogen-bond acceptors (Lipinski definition) is 3. The molecule has 0 spiro atoms. The third-order valence-corrected chi connectivity index (χ3v) is 2.63. The molecule has 1 amide bonds. The topological polar surface area (TPSA) is 63.2 Å². The van der Waals surface area contributed by atoms with E-state index in [9.17, 15) is 17.1 Å². The Morgan fingerprint density at radius 1 is 1.35 bits per heavy atom. The summed E-state index contributed by atoms with van der Waals surface area (Å²) in [5, 5.41) is 2.48. The average Bonchev–Trinajstić information content (AvgIpc) is 2.23. The molecule has 4 nitrogen and oxygen atoms in total. The van der Waals surface area contributed by atoms with Crippen LogP contribution >= 0.6 is 0 Å². The van der Waals surface area contributed by atoms with Crippen LogP contribution in [0.5, 0.6) is 0 Å². The predicted octanol–water partition coefficient (Wildman–Crippen LogP) is 0.832. The van der Waals surface area contributed by atoms with Gasteiger partial charge in [-0.05, 0) is 24.3 Å². The van der Waals surface area contributed by atoms with Crippen LogP contribution in [-0.4, -0.2) is 20.9 Å².